The lowest BCUT2D eigenvalue weighted by Gasteiger charge is -2.27. The Kier molecular flexibility index (Phi) is 6.85. The fourth-order valence-electron chi connectivity index (χ4n) is 1.29. The number of aliphatic hydroxyl groups excluding tert-OH is 1. The molecule has 0 aliphatic rings. The van der Waals surface area contributed by atoms with E-state index in [1.54, 1.807) is 7.11 Å². The highest BCUT2D eigenvalue weighted by Gasteiger charge is 2.20. The molecule has 0 amide bonds. The third-order valence-corrected chi connectivity index (χ3v) is 2.68. The summed E-state index contributed by atoms with van der Waals surface area (Å²) >= 11 is 0. The van der Waals surface area contributed by atoms with Crippen LogP contribution in [0.3, 0.4) is 0 Å². The van der Waals surface area contributed by atoms with Gasteiger partial charge in [0, 0.05) is 7.11 Å². The Balaban J connectivity index is 4.10. The van der Waals surface area contributed by atoms with Gasteiger partial charge in [0.25, 0.3) is 0 Å². The molecule has 0 fully saturated rings. The number of rotatable bonds is 7. The summed E-state index contributed by atoms with van der Waals surface area (Å²) in [5.41, 5.74) is 0.955. The lowest BCUT2D eigenvalue weighted by molar-refractivity contribution is -0.000416. The van der Waals surface area contributed by atoms with Gasteiger partial charge in [-0.3, -0.25) is 0 Å². The van der Waals surface area contributed by atoms with Crippen molar-refractivity contribution in [2.75, 3.05) is 13.7 Å². The van der Waals surface area contributed by atoms with Crippen LogP contribution in [0.2, 0.25) is 0 Å². The minimum Gasteiger partial charge on any atom is -0.392 e. The fourth-order valence-corrected chi connectivity index (χ4v) is 1.29. The SMILES string of the molecule is CCCCC(C)(CC=C(C)CO)OC. The highest BCUT2D eigenvalue weighted by molar-refractivity contribution is 5.00. The van der Waals surface area contributed by atoms with Crippen LogP contribution in [0, 0.1) is 0 Å². The number of unbranched alkanes of at least 4 members (excludes halogenated alkanes) is 1. The van der Waals surface area contributed by atoms with Crippen molar-refractivity contribution in [1.29, 1.82) is 0 Å². The van der Waals surface area contributed by atoms with Crippen molar-refractivity contribution in [1.82, 2.24) is 0 Å². The van der Waals surface area contributed by atoms with E-state index in [0.29, 0.717) is 0 Å². The van der Waals surface area contributed by atoms with E-state index >= 15 is 0 Å². The normalized spacial score (nSPS) is 16.8. The second kappa shape index (κ2) is 7.02. The van der Waals surface area contributed by atoms with Crippen molar-refractivity contribution < 1.29 is 9.84 Å². The zero-order valence-corrected chi connectivity index (χ0v) is 9.97. The van der Waals surface area contributed by atoms with Gasteiger partial charge < -0.3 is 9.84 Å². The van der Waals surface area contributed by atoms with Crippen molar-refractivity contribution in [2.24, 2.45) is 0 Å². The molecule has 0 radical (unpaired) electrons. The molecule has 2 heteroatoms. The molecule has 2 nitrogen and oxygen atoms in total. The van der Waals surface area contributed by atoms with Gasteiger partial charge in [0.1, 0.15) is 0 Å². The Hall–Kier alpha value is -0.340. The Morgan fingerprint density at radius 2 is 2.14 bits per heavy atom. The highest BCUT2D eigenvalue weighted by atomic mass is 16.5. The number of ether oxygens (including phenoxy) is 1. The summed E-state index contributed by atoms with van der Waals surface area (Å²) in [7, 11) is 1.76. The van der Waals surface area contributed by atoms with E-state index in [2.05, 4.69) is 19.9 Å². The van der Waals surface area contributed by atoms with E-state index in [4.69, 9.17) is 9.84 Å². The van der Waals surface area contributed by atoms with Gasteiger partial charge in [-0.2, -0.15) is 0 Å². The zero-order valence-electron chi connectivity index (χ0n) is 9.97. The van der Waals surface area contributed by atoms with Crippen LogP contribution in [0.25, 0.3) is 0 Å². The minimum atomic E-state index is -0.0631. The van der Waals surface area contributed by atoms with E-state index in [1.807, 2.05) is 6.92 Å². The van der Waals surface area contributed by atoms with E-state index in [9.17, 15) is 0 Å². The first-order valence-corrected chi connectivity index (χ1v) is 5.39. The maximum Gasteiger partial charge on any atom is 0.0685 e. The smallest absolute Gasteiger partial charge is 0.0685 e. The molecule has 1 atom stereocenters. The lowest BCUT2D eigenvalue weighted by atomic mass is 9.94. The molecule has 0 rings (SSSR count). The summed E-state index contributed by atoms with van der Waals surface area (Å²) in [6, 6.07) is 0. The molecule has 0 bridgehead atoms. The standard InChI is InChI=1S/C12H24O2/c1-5-6-8-12(3,14-4)9-7-11(2)10-13/h7,13H,5-6,8-10H2,1-4H3. The molecule has 0 aliphatic carbocycles. The van der Waals surface area contributed by atoms with Gasteiger partial charge >= 0.3 is 0 Å². The molecule has 1 N–H and O–H groups in total. The summed E-state index contributed by atoms with van der Waals surface area (Å²) in [5, 5.41) is 8.87. The second-order valence-electron chi connectivity index (χ2n) is 4.17. The highest BCUT2D eigenvalue weighted by Crippen LogP contribution is 2.23. The molecule has 1 unspecified atom stereocenters. The molecule has 0 aliphatic heterocycles. The molecule has 0 saturated carbocycles. The average Bonchev–Trinajstić information content (AvgIpc) is 2.23. The van der Waals surface area contributed by atoms with Gasteiger partial charge in [-0.1, -0.05) is 31.4 Å². The van der Waals surface area contributed by atoms with E-state index in [1.165, 1.54) is 12.8 Å². The predicted molar refractivity (Wildman–Crippen MR) is 60.4 cm³/mol. The first kappa shape index (κ1) is 13.7. The number of hydrogen-bond donors (Lipinski definition) is 1. The van der Waals surface area contributed by atoms with Crippen molar-refractivity contribution in [3.8, 4) is 0 Å². The Labute approximate surface area is 88.0 Å². The molecular formula is C12H24O2. The van der Waals surface area contributed by atoms with Gasteiger partial charge in [0.2, 0.25) is 0 Å². The summed E-state index contributed by atoms with van der Waals surface area (Å²) in [6.07, 6.45) is 6.42. The summed E-state index contributed by atoms with van der Waals surface area (Å²) in [5.74, 6) is 0. The van der Waals surface area contributed by atoms with Gasteiger partial charge in [-0.15, -0.1) is 0 Å². The monoisotopic (exact) mass is 200 g/mol. The van der Waals surface area contributed by atoms with Gasteiger partial charge in [-0.25, -0.2) is 0 Å². The van der Waals surface area contributed by atoms with Crippen LogP contribution in [-0.4, -0.2) is 24.4 Å². The second-order valence-corrected chi connectivity index (χ2v) is 4.17. The fraction of sp³-hybridized carbons (Fsp3) is 0.833. The van der Waals surface area contributed by atoms with Gasteiger partial charge in [0.05, 0.1) is 12.2 Å². The first-order valence-electron chi connectivity index (χ1n) is 5.39. The van der Waals surface area contributed by atoms with Crippen molar-refractivity contribution in [2.45, 2.75) is 52.1 Å². The van der Waals surface area contributed by atoms with Crippen molar-refractivity contribution in [3.05, 3.63) is 11.6 Å². The van der Waals surface area contributed by atoms with Crippen LogP contribution in [0.5, 0.6) is 0 Å². The summed E-state index contributed by atoms with van der Waals surface area (Å²) in [6.45, 7) is 6.40. The Bertz CT molecular complexity index is 175. The quantitative estimate of drug-likeness (QED) is 0.640. The predicted octanol–water partition coefficient (Wildman–Crippen LogP) is 2.91. The molecule has 0 aromatic heterocycles. The maximum atomic E-state index is 8.87. The van der Waals surface area contributed by atoms with E-state index in [0.717, 1.165) is 18.4 Å². The third-order valence-electron chi connectivity index (χ3n) is 2.68. The third kappa shape index (κ3) is 5.40. The van der Waals surface area contributed by atoms with E-state index < -0.39 is 0 Å². The van der Waals surface area contributed by atoms with Gasteiger partial charge in [0.15, 0.2) is 0 Å². The first-order chi connectivity index (χ1) is 6.58. The van der Waals surface area contributed by atoms with E-state index in [-0.39, 0.29) is 12.2 Å². The van der Waals surface area contributed by atoms with Crippen LogP contribution in [0.15, 0.2) is 11.6 Å². The van der Waals surface area contributed by atoms with Crippen LogP contribution in [0.4, 0.5) is 0 Å². The van der Waals surface area contributed by atoms with Crippen LogP contribution in [0.1, 0.15) is 46.5 Å². The molecule has 0 aromatic carbocycles. The maximum absolute atomic E-state index is 8.87. The molecule has 84 valence electrons. The molecular weight excluding hydrogens is 176 g/mol. The molecule has 0 saturated heterocycles. The summed E-state index contributed by atoms with van der Waals surface area (Å²) in [4.78, 5) is 0. The Morgan fingerprint density at radius 1 is 1.50 bits per heavy atom. The average molecular weight is 200 g/mol. The summed E-state index contributed by atoms with van der Waals surface area (Å²) < 4.78 is 5.51. The molecule has 0 aromatic rings. The van der Waals surface area contributed by atoms with Crippen molar-refractivity contribution in [3.63, 3.8) is 0 Å². The van der Waals surface area contributed by atoms with Crippen LogP contribution < -0.4 is 0 Å². The minimum absolute atomic E-state index is 0.0631. The van der Waals surface area contributed by atoms with Crippen LogP contribution in [-0.2, 0) is 4.74 Å². The largest absolute Gasteiger partial charge is 0.392 e. The molecule has 14 heavy (non-hydrogen) atoms. The van der Waals surface area contributed by atoms with Crippen LogP contribution >= 0.6 is 0 Å². The number of aliphatic hydroxyl groups is 1. The zero-order chi connectivity index (χ0) is 11.0. The number of methoxy groups -OCH3 is 1. The topological polar surface area (TPSA) is 29.5 Å². The Morgan fingerprint density at radius 3 is 2.57 bits per heavy atom. The molecule has 0 spiro atoms. The van der Waals surface area contributed by atoms with Crippen molar-refractivity contribution >= 4 is 0 Å². The molecule has 0 heterocycles. The van der Waals surface area contributed by atoms with Gasteiger partial charge in [-0.05, 0) is 26.7 Å². The number of hydrogen-bond acceptors (Lipinski definition) is 2. The lowest BCUT2D eigenvalue weighted by Crippen LogP contribution is -2.26.